The van der Waals surface area contributed by atoms with Crippen LogP contribution in [-0.4, -0.2) is 17.7 Å². The van der Waals surface area contributed by atoms with Gasteiger partial charge in [0.25, 0.3) is 0 Å². The van der Waals surface area contributed by atoms with Crippen molar-refractivity contribution < 1.29 is 14.0 Å². The summed E-state index contributed by atoms with van der Waals surface area (Å²) >= 11 is 0. The van der Waals surface area contributed by atoms with Crippen LogP contribution in [0.1, 0.15) is 6.92 Å². The Morgan fingerprint density at radius 3 is 2.73 bits per heavy atom. The van der Waals surface area contributed by atoms with Gasteiger partial charge in [0.2, 0.25) is 0 Å². The van der Waals surface area contributed by atoms with Crippen molar-refractivity contribution >= 4 is 7.60 Å². The molecular formula is C7H13O3P. The third kappa shape index (κ3) is 6.05. The van der Waals surface area contributed by atoms with Gasteiger partial charge in [0.15, 0.2) is 0 Å². The smallest absolute Gasteiger partial charge is 0.324 e. The van der Waals surface area contributed by atoms with Gasteiger partial charge in [0.05, 0.1) is 12.8 Å². The van der Waals surface area contributed by atoms with Crippen molar-refractivity contribution in [2.24, 2.45) is 0 Å². The Balaban J connectivity index is 3.90. The molecule has 0 saturated heterocycles. The van der Waals surface area contributed by atoms with Gasteiger partial charge in [-0.05, 0) is 6.92 Å². The second kappa shape index (κ2) is 4.50. The maximum atomic E-state index is 11.0. The average molecular weight is 176 g/mol. The molecule has 0 aliphatic carbocycles. The molecule has 0 amide bonds. The van der Waals surface area contributed by atoms with Gasteiger partial charge in [-0.25, -0.2) is 0 Å². The van der Waals surface area contributed by atoms with Crippen LogP contribution in [0.25, 0.3) is 0 Å². The lowest BCUT2D eigenvalue weighted by molar-refractivity contribution is 0.289. The fraction of sp³-hybridized carbons (Fsp3) is 0.429. The number of rotatable bonds is 5. The van der Waals surface area contributed by atoms with Gasteiger partial charge in [-0.15, -0.1) is 6.58 Å². The summed E-state index contributed by atoms with van der Waals surface area (Å²) in [6.45, 7) is 8.65. The van der Waals surface area contributed by atoms with E-state index in [1.165, 1.54) is 6.08 Å². The molecule has 0 aromatic heterocycles. The van der Waals surface area contributed by atoms with Crippen molar-refractivity contribution in [2.45, 2.75) is 6.92 Å². The molecule has 1 N–H and O–H groups in total. The van der Waals surface area contributed by atoms with Crippen LogP contribution < -0.4 is 0 Å². The summed E-state index contributed by atoms with van der Waals surface area (Å²) in [4.78, 5) is 9.04. The molecule has 0 radical (unpaired) electrons. The number of hydrogen-bond donors (Lipinski definition) is 1. The Kier molecular flexibility index (Phi) is 4.34. The second-order valence-electron chi connectivity index (χ2n) is 2.34. The molecule has 0 aliphatic heterocycles. The van der Waals surface area contributed by atoms with Crippen LogP contribution in [0.5, 0.6) is 0 Å². The molecule has 0 aliphatic rings. The van der Waals surface area contributed by atoms with Crippen LogP contribution in [0.15, 0.2) is 24.8 Å². The lowest BCUT2D eigenvalue weighted by Crippen LogP contribution is -1.95. The van der Waals surface area contributed by atoms with E-state index < -0.39 is 7.60 Å². The third-order valence-electron chi connectivity index (χ3n) is 0.864. The summed E-state index contributed by atoms with van der Waals surface area (Å²) < 4.78 is 15.6. The SMILES string of the molecule is C=CCOP(=O)(O)CC(=C)C. The minimum absolute atomic E-state index is 0.0147. The third-order valence-corrected chi connectivity index (χ3v) is 2.36. The molecule has 1 unspecified atom stereocenters. The summed E-state index contributed by atoms with van der Waals surface area (Å²) in [5.41, 5.74) is 0.639. The molecule has 0 rings (SSSR count). The lowest BCUT2D eigenvalue weighted by Gasteiger charge is -2.09. The maximum absolute atomic E-state index is 11.0. The molecule has 4 heteroatoms. The monoisotopic (exact) mass is 176 g/mol. The predicted octanol–water partition coefficient (Wildman–Crippen LogP) is 1.95. The first-order valence-corrected chi connectivity index (χ1v) is 4.96. The largest absolute Gasteiger partial charge is 0.332 e. The molecule has 0 aromatic rings. The second-order valence-corrected chi connectivity index (χ2v) is 4.19. The van der Waals surface area contributed by atoms with Gasteiger partial charge >= 0.3 is 7.60 Å². The fourth-order valence-electron chi connectivity index (χ4n) is 0.556. The van der Waals surface area contributed by atoms with Gasteiger partial charge in [-0.3, -0.25) is 4.57 Å². The minimum Gasteiger partial charge on any atom is -0.324 e. The van der Waals surface area contributed by atoms with Gasteiger partial charge in [-0.2, -0.15) is 0 Å². The van der Waals surface area contributed by atoms with E-state index in [1.54, 1.807) is 6.92 Å². The first-order valence-electron chi connectivity index (χ1n) is 3.19. The highest BCUT2D eigenvalue weighted by molar-refractivity contribution is 7.53. The van der Waals surface area contributed by atoms with Crippen molar-refractivity contribution in [1.82, 2.24) is 0 Å². The Morgan fingerprint density at radius 1 is 1.82 bits per heavy atom. The molecular weight excluding hydrogens is 163 g/mol. The summed E-state index contributed by atoms with van der Waals surface area (Å²) in [6.07, 6.45) is 1.45. The molecule has 3 nitrogen and oxygen atoms in total. The van der Waals surface area contributed by atoms with Gasteiger partial charge in [0, 0.05) is 0 Å². The van der Waals surface area contributed by atoms with E-state index in [9.17, 15) is 4.57 Å². The molecule has 1 atom stereocenters. The molecule has 0 aromatic carbocycles. The molecule has 0 saturated carbocycles. The summed E-state index contributed by atoms with van der Waals surface area (Å²) in [7, 11) is -3.44. The van der Waals surface area contributed by atoms with Crippen molar-refractivity contribution in [1.29, 1.82) is 0 Å². The van der Waals surface area contributed by atoms with E-state index in [4.69, 9.17) is 4.89 Å². The highest BCUT2D eigenvalue weighted by atomic mass is 31.2. The summed E-state index contributed by atoms with van der Waals surface area (Å²) in [5.74, 6) is 0. The topological polar surface area (TPSA) is 46.5 Å². The van der Waals surface area contributed by atoms with Gasteiger partial charge in [0.1, 0.15) is 0 Å². The van der Waals surface area contributed by atoms with Crippen molar-refractivity contribution in [2.75, 3.05) is 12.8 Å². The lowest BCUT2D eigenvalue weighted by atomic mass is 10.4. The number of hydrogen-bond acceptors (Lipinski definition) is 2. The molecule has 11 heavy (non-hydrogen) atoms. The molecule has 0 heterocycles. The Morgan fingerprint density at radius 2 is 2.36 bits per heavy atom. The fourth-order valence-corrected chi connectivity index (χ4v) is 1.67. The average Bonchev–Trinajstić information content (AvgIpc) is 1.81. The maximum Gasteiger partial charge on any atom is 0.332 e. The first-order chi connectivity index (χ1) is 4.98. The standard InChI is InChI=1S/C7H13O3P/c1-4-5-10-11(8,9)6-7(2)3/h4H,1-2,5-6H2,3H3,(H,8,9). The summed E-state index contributed by atoms with van der Waals surface area (Å²) in [6, 6.07) is 0. The molecule has 0 spiro atoms. The van der Waals surface area contributed by atoms with Crippen LogP contribution in [0.3, 0.4) is 0 Å². The van der Waals surface area contributed by atoms with E-state index in [1.807, 2.05) is 0 Å². The first kappa shape index (κ1) is 10.6. The Hall–Kier alpha value is -0.370. The quantitative estimate of drug-likeness (QED) is 0.514. The van der Waals surface area contributed by atoms with Crippen molar-refractivity contribution in [3.05, 3.63) is 24.8 Å². The van der Waals surface area contributed by atoms with Gasteiger partial charge < -0.3 is 9.42 Å². The molecule has 0 bridgehead atoms. The zero-order chi connectivity index (χ0) is 8.91. The van der Waals surface area contributed by atoms with Crippen molar-refractivity contribution in [3.63, 3.8) is 0 Å². The normalized spacial score (nSPS) is 15.5. The highest BCUT2D eigenvalue weighted by Gasteiger charge is 2.17. The zero-order valence-corrected chi connectivity index (χ0v) is 7.51. The predicted molar refractivity (Wildman–Crippen MR) is 45.7 cm³/mol. The minimum atomic E-state index is -3.44. The van der Waals surface area contributed by atoms with E-state index >= 15 is 0 Å². The summed E-state index contributed by atoms with van der Waals surface area (Å²) in [5, 5.41) is 0. The highest BCUT2D eigenvalue weighted by Crippen LogP contribution is 2.42. The van der Waals surface area contributed by atoms with Crippen LogP contribution >= 0.6 is 7.60 Å². The van der Waals surface area contributed by atoms with Gasteiger partial charge in [-0.1, -0.05) is 18.2 Å². The molecule has 0 fully saturated rings. The van der Waals surface area contributed by atoms with E-state index in [0.29, 0.717) is 5.57 Å². The Bertz CT molecular complexity index is 198. The van der Waals surface area contributed by atoms with E-state index in [2.05, 4.69) is 17.7 Å². The van der Waals surface area contributed by atoms with Crippen molar-refractivity contribution in [3.8, 4) is 0 Å². The Labute approximate surface area is 66.9 Å². The zero-order valence-electron chi connectivity index (χ0n) is 6.62. The van der Waals surface area contributed by atoms with Crippen LogP contribution in [0.2, 0.25) is 0 Å². The number of allylic oxidation sites excluding steroid dienone is 1. The van der Waals surface area contributed by atoms with Crippen LogP contribution in [0, 0.1) is 0 Å². The molecule has 64 valence electrons. The van der Waals surface area contributed by atoms with E-state index in [0.717, 1.165) is 0 Å². The van der Waals surface area contributed by atoms with E-state index in [-0.39, 0.29) is 12.8 Å². The van der Waals surface area contributed by atoms with Crippen LogP contribution in [-0.2, 0) is 9.09 Å². The van der Waals surface area contributed by atoms with Crippen LogP contribution in [0.4, 0.5) is 0 Å².